The fraction of sp³-hybridized carbons (Fsp3) is 0.286. The number of amides is 2. The smallest absolute Gasteiger partial charge is 0.323 e. The molecule has 27 heavy (non-hydrogen) atoms. The molecule has 2 rings (SSSR count). The molecular formula is C21H24N2O4. The van der Waals surface area contributed by atoms with Gasteiger partial charge in [0.15, 0.2) is 0 Å². The highest BCUT2D eigenvalue weighted by atomic mass is 16.4. The number of nitrogens with one attached hydrogen (secondary N) is 1. The maximum absolute atomic E-state index is 13.0. The minimum absolute atomic E-state index is 0.290. The molecule has 0 aromatic heterocycles. The first-order chi connectivity index (χ1) is 13.0. The monoisotopic (exact) mass is 368 g/mol. The first-order valence-corrected chi connectivity index (χ1v) is 8.91. The minimum atomic E-state index is -1.08. The van der Waals surface area contributed by atoms with E-state index in [0.29, 0.717) is 18.5 Å². The van der Waals surface area contributed by atoms with Crippen LogP contribution in [-0.4, -0.2) is 46.9 Å². The zero-order chi connectivity index (χ0) is 19.6. The Hall–Kier alpha value is -3.15. The predicted molar refractivity (Wildman–Crippen MR) is 102 cm³/mol. The van der Waals surface area contributed by atoms with E-state index < -0.39 is 17.9 Å². The molecule has 142 valence electrons. The van der Waals surface area contributed by atoms with Crippen molar-refractivity contribution in [3.63, 3.8) is 0 Å². The second kappa shape index (κ2) is 10.1. The van der Waals surface area contributed by atoms with Crippen LogP contribution in [0.3, 0.4) is 0 Å². The van der Waals surface area contributed by atoms with Gasteiger partial charge in [-0.3, -0.25) is 14.4 Å². The molecule has 0 fully saturated rings. The van der Waals surface area contributed by atoms with Gasteiger partial charge in [-0.05, 0) is 24.1 Å². The van der Waals surface area contributed by atoms with Crippen LogP contribution in [0.4, 0.5) is 0 Å². The quantitative estimate of drug-likeness (QED) is 0.711. The number of carbonyl (C=O) groups excluding carboxylic acids is 2. The van der Waals surface area contributed by atoms with Crippen molar-refractivity contribution < 1.29 is 19.5 Å². The minimum Gasteiger partial charge on any atom is -0.480 e. The number of nitrogens with zero attached hydrogens (tertiary/aromatic N) is 1. The van der Waals surface area contributed by atoms with E-state index in [-0.39, 0.29) is 18.9 Å². The van der Waals surface area contributed by atoms with E-state index in [1.165, 1.54) is 4.90 Å². The van der Waals surface area contributed by atoms with E-state index in [1.54, 1.807) is 30.3 Å². The van der Waals surface area contributed by atoms with Crippen LogP contribution in [0, 0.1) is 0 Å². The van der Waals surface area contributed by atoms with Gasteiger partial charge in [-0.2, -0.15) is 0 Å². The molecule has 2 N–H and O–H groups in total. The fourth-order valence-corrected chi connectivity index (χ4v) is 2.80. The number of carboxylic acid groups (broad SMARTS) is 1. The van der Waals surface area contributed by atoms with Crippen molar-refractivity contribution in [3.8, 4) is 0 Å². The topological polar surface area (TPSA) is 86.7 Å². The van der Waals surface area contributed by atoms with Gasteiger partial charge in [0.2, 0.25) is 5.91 Å². The average Bonchev–Trinajstić information content (AvgIpc) is 2.67. The van der Waals surface area contributed by atoms with Gasteiger partial charge in [-0.15, -0.1) is 0 Å². The highest BCUT2D eigenvalue weighted by molar-refractivity contribution is 5.98. The summed E-state index contributed by atoms with van der Waals surface area (Å²) in [5, 5.41) is 11.9. The van der Waals surface area contributed by atoms with Crippen LogP contribution in [0.25, 0.3) is 0 Å². The van der Waals surface area contributed by atoms with Gasteiger partial charge in [-0.25, -0.2) is 0 Å². The molecule has 6 heteroatoms. The predicted octanol–water partition coefficient (Wildman–Crippen LogP) is 2.35. The number of benzene rings is 2. The van der Waals surface area contributed by atoms with E-state index >= 15 is 0 Å². The Bertz CT molecular complexity index is 762. The molecule has 0 bridgehead atoms. The van der Waals surface area contributed by atoms with Gasteiger partial charge in [0.1, 0.15) is 12.6 Å². The molecule has 0 saturated carbocycles. The second-order valence-corrected chi connectivity index (χ2v) is 6.24. The summed E-state index contributed by atoms with van der Waals surface area (Å²) in [6.07, 6.45) is 0.918. The van der Waals surface area contributed by atoms with Gasteiger partial charge >= 0.3 is 5.97 Å². The van der Waals surface area contributed by atoms with Gasteiger partial charge in [0.25, 0.3) is 5.91 Å². The van der Waals surface area contributed by atoms with Gasteiger partial charge < -0.3 is 15.3 Å². The molecule has 0 saturated heterocycles. The average molecular weight is 368 g/mol. The third-order valence-corrected chi connectivity index (χ3v) is 4.05. The molecule has 0 spiro atoms. The molecule has 1 unspecified atom stereocenters. The van der Waals surface area contributed by atoms with Gasteiger partial charge in [0.05, 0.1) is 0 Å². The Labute approximate surface area is 158 Å². The lowest BCUT2D eigenvalue weighted by molar-refractivity contribution is -0.145. The summed E-state index contributed by atoms with van der Waals surface area (Å²) in [5.41, 5.74) is 1.33. The third kappa shape index (κ3) is 6.26. The van der Waals surface area contributed by atoms with E-state index in [2.05, 4.69) is 5.32 Å². The van der Waals surface area contributed by atoms with Crippen molar-refractivity contribution in [1.29, 1.82) is 0 Å². The lowest BCUT2D eigenvalue weighted by atomic mass is 10.0. The van der Waals surface area contributed by atoms with Crippen LogP contribution in [0.5, 0.6) is 0 Å². The highest BCUT2D eigenvalue weighted by Gasteiger charge is 2.27. The molecule has 1 atom stereocenters. The molecule has 2 amide bonds. The number of rotatable bonds is 9. The van der Waals surface area contributed by atoms with Gasteiger partial charge in [0, 0.05) is 18.5 Å². The lowest BCUT2D eigenvalue weighted by Gasteiger charge is -2.26. The number of carboxylic acids is 1. The first kappa shape index (κ1) is 20.2. The van der Waals surface area contributed by atoms with Crippen LogP contribution < -0.4 is 5.32 Å². The van der Waals surface area contributed by atoms with E-state index in [0.717, 1.165) is 5.56 Å². The van der Waals surface area contributed by atoms with Crippen molar-refractivity contribution in [1.82, 2.24) is 10.2 Å². The summed E-state index contributed by atoms with van der Waals surface area (Å²) in [6, 6.07) is 17.1. The molecular weight excluding hydrogens is 344 g/mol. The number of hydrogen-bond acceptors (Lipinski definition) is 3. The van der Waals surface area contributed by atoms with E-state index in [1.807, 2.05) is 37.3 Å². The largest absolute Gasteiger partial charge is 0.480 e. The molecule has 6 nitrogen and oxygen atoms in total. The van der Waals surface area contributed by atoms with Crippen LogP contribution in [-0.2, 0) is 16.0 Å². The summed E-state index contributed by atoms with van der Waals surface area (Å²) < 4.78 is 0. The maximum Gasteiger partial charge on any atom is 0.323 e. The van der Waals surface area contributed by atoms with Crippen LogP contribution >= 0.6 is 0 Å². The molecule has 0 aliphatic heterocycles. The highest BCUT2D eigenvalue weighted by Crippen LogP contribution is 2.09. The Morgan fingerprint density at radius 2 is 1.59 bits per heavy atom. The summed E-state index contributed by atoms with van der Waals surface area (Å²) >= 11 is 0. The van der Waals surface area contributed by atoms with Crippen molar-refractivity contribution in [2.24, 2.45) is 0 Å². The maximum atomic E-state index is 13.0. The molecule has 0 radical (unpaired) electrons. The lowest BCUT2D eigenvalue weighted by Crippen LogP contribution is -2.51. The van der Waals surface area contributed by atoms with Crippen molar-refractivity contribution in [3.05, 3.63) is 71.8 Å². The Kier molecular flexibility index (Phi) is 7.55. The zero-order valence-electron chi connectivity index (χ0n) is 15.3. The van der Waals surface area contributed by atoms with Crippen molar-refractivity contribution >= 4 is 17.8 Å². The third-order valence-electron chi connectivity index (χ3n) is 4.05. The molecule has 2 aromatic rings. The van der Waals surface area contributed by atoms with Crippen LogP contribution in [0.1, 0.15) is 29.3 Å². The summed E-state index contributed by atoms with van der Waals surface area (Å²) in [7, 11) is 0. The number of carbonyl (C=O) groups is 3. The van der Waals surface area contributed by atoms with E-state index in [9.17, 15) is 14.4 Å². The van der Waals surface area contributed by atoms with E-state index in [4.69, 9.17) is 5.11 Å². The first-order valence-electron chi connectivity index (χ1n) is 8.91. The molecule has 0 aliphatic rings. The SMILES string of the molecule is CCCN(CC(=O)O)C(=O)C(Cc1ccccc1)NC(=O)c1ccccc1. The number of hydrogen-bond donors (Lipinski definition) is 2. The van der Waals surface area contributed by atoms with Crippen molar-refractivity contribution in [2.45, 2.75) is 25.8 Å². The Morgan fingerprint density at radius 1 is 1.00 bits per heavy atom. The zero-order valence-corrected chi connectivity index (χ0v) is 15.3. The standard InChI is InChI=1S/C21H24N2O4/c1-2-13-23(15-19(24)25)21(27)18(14-16-9-5-3-6-10-16)22-20(26)17-11-7-4-8-12-17/h3-12,18H,2,13-15H2,1H3,(H,22,26)(H,24,25). The summed E-state index contributed by atoms with van der Waals surface area (Å²) in [5.74, 6) is -1.84. The molecule has 0 heterocycles. The number of aliphatic carboxylic acids is 1. The van der Waals surface area contributed by atoms with Gasteiger partial charge in [-0.1, -0.05) is 55.5 Å². The fourth-order valence-electron chi connectivity index (χ4n) is 2.80. The molecule has 2 aromatic carbocycles. The summed E-state index contributed by atoms with van der Waals surface area (Å²) in [6.45, 7) is 1.80. The normalized spacial score (nSPS) is 11.4. The van der Waals surface area contributed by atoms with Crippen molar-refractivity contribution in [2.75, 3.05) is 13.1 Å². The Balaban J connectivity index is 2.23. The molecule has 0 aliphatic carbocycles. The Morgan fingerprint density at radius 3 is 2.15 bits per heavy atom. The second-order valence-electron chi connectivity index (χ2n) is 6.24. The van der Waals surface area contributed by atoms with Crippen LogP contribution in [0.15, 0.2) is 60.7 Å². The summed E-state index contributed by atoms with van der Waals surface area (Å²) in [4.78, 5) is 38.0. The van der Waals surface area contributed by atoms with Crippen LogP contribution in [0.2, 0.25) is 0 Å².